The first kappa shape index (κ1) is 27.4. The monoisotopic (exact) mass is 431 g/mol. The van der Waals surface area contributed by atoms with E-state index in [4.69, 9.17) is 4.55 Å². The van der Waals surface area contributed by atoms with E-state index in [-0.39, 0.29) is 55.3 Å². The van der Waals surface area contributed by atoms with Gasteiger partial charge in [0.15, 0.2) is 0 Å². The summed E-state index contributed by atoms with van der Waals surface area (Å²) >= 11 is 0. The molecule has 0 fully saturated rings. The maximum atomic E-state index is 14.5. The maximum Gasteiger partial charge on any atom is 0.391 e. The largest absolute Gasteiger partial charge is 1.00 e. The lowest BCUT2D eigenvalue weighted by atomic mass is 10.1. The minimum atomic E-state index is -4.45. The normalized spacial score (nSPS) is 12.5. The highest BCUT2D eigenvalue weighted by molar-refractivity contribution is 7.85. The Bertz CT molecular complexity index is 375. The van der Waals surface area contributed by atoms with E-state index in [1.165, 1.54) is 0 Å². The molecule has 0 radical (unpaired) electrons. The molecule has 1 N–H and O–H groups in total. The summed E-state index contributed by atoms with van der Waals surface area (Å²) in [6.07, 6.45) is 2.35. The Morgan fingerprint density at radius 2 is 1.41 bits per heavy atom. The molecule has 0 aromatic carbocycles. The van der Waals surface area contributed by atoms with Crippen LogP contribution in [0.5, 0.6) is 0 Å². The van der Waals surface area contributed by atoms with Gasteiger partial charge in [0.1, 0.15) is 0 Å². The van der Waals surface area contributed by atoms with Crippen LogP contribution in [-0.4, -0.2) is 42.5 Å². The van der Waals surface area contributed by atoms with Crippen molar-refractivity contribution in [3.63, 3.8) is 0 Å². The second kappa shape index (κ2) is 11.9. The standard InChI is InChI=1S/C13H27F2NO3S.BrH.ClH/c1-4-7-10-16(11-8-5-2,12-20(17,18)19)13(14,15)9-6-3;;/h4-12H2,1-3H3;2*1H. The van der Waals surface area contributed by atoms with Gasteiger partial charge in [-0.25, -0.2) is 4.48 Å². The fourth-order valence-corrected chi connectivity index (χ4v) is 3.51. The molecule has 138 valence electrons. The fourth-order valence-electron chi connectivity index (χ4n) is 2.43. The number of halogens is 4. The summed E-state index contributed by atoms with van der Waals surface area (Å²) in [6, 6.07) is -3.13. The highest BCUT2D eigenvalue weighted by Gasteiger charge is 2.53. The number of rotatable bonds is 11. The van der Waals surface area contributed by atoms with Crippen molar-refractivity contribution in [3.8, 4) is 0 Å². The van der Waals surface area contributed by atoms with Crippen molar-refractivity contribution in [1.82, 2.24) is 0 Å². The van der Waals surface area contributed by atoms with Crippen LogP contribution in [-0.2, 0) is 10.1 Å². The molecule has 0 aliphatic rings. The van der Waals surface area contributed by atoms with Gasteiger partial charge in [-0.15, -0.1) is 21.2 Å². The molecule has 0 heterocycles. The number of unbranched alkanes of at least 4 members (excludes halogenated alkanes) is 2. The predicted octanol–water partition coefficient (Wildman–Crippen LogP) is 1.07. The molecule has 0 aliphatic heterocycles. The number of hydrogen-bond donors (Lipinski definition) is 1. The van der Waals surface area contributed by atoms with E-state index in [9.17, 15) is 17.2 Å². The molecule has 0 aliphatic carbocycles. The molecular formula is C13H29BrClF2NO3S. The Balaban J connectivity index is -0.00000180. The summed E-state index contributed by atoms with van der Waals surface area (Å²) in [5.74, 6) is -0.903. The van der Waals surface area contributed by atoms with Crippen molar-refractivity contribution < 1.29 is 43.2 Å². The second-order valence-corrected chi connectivity index (χ2v) is 6.85. The van der Waals surface area contributed by atoms with E-state index in [1.807, 2.05) is 13.8 Å². The van der Waals surface area contributed by atoms with E-state index in [1.54, 1.807) is 6.92 Å². The zero-order valence-corrected chi connectivity index (χ0v) is 16.7. The van der Waals surface area contributed by atoms with E-state index < -0.39 is 26.5 Å². The van der Waals surface area contributed by atoms with Gasteiger partial charge in [0, 0.05) is 0 Å². The van der Waals surface area contributed by atoms with E-state index >= 15 is 0 Å². The van der Waals surface area contributed by atoms with Gasteiger partial charge in [0.2, 0.25) is 5.88 Å². The second-order valence-electron chi connectivity index (χ2n) is 5.43. The van der Waals surface area contributed by atoms with Crippen molar-refractivity contribution in [2.75, 3.05) is 19.0 Å². The maximum absolute atomic E-state index is 14.5. The molecule has 9 heteroatoms. The summed E-state index contributed by atoms with van der Waals surface area (Å²) < 4.78 is 59.8. The molecule has 0 unspecified atom stereocenters. The summed E-state index contributed by atoms with van der Waals surface area (Å²) in [4.78, 5) is 0. The smallest absolute Gasteiger partial charge is 0.391 e. The van der Waals surface area contributed by atoms with Gasteiger partial charge in [-0.05, 0) is 19.3 Å². The Hall–Kier alpha value is 0.500. The third-order valence-electron chi connectivity index (χ3n) is 3.53. The Morgan fingerprint density at radius 3 is 1.68 bits per heavy atom. The first-order valence-corrected chi connectivity index (χ1v) is 8.94. The van der Waals surface area contributed by atoms with Crippen molar-refractivity contribution in [3.05, 3.63) is 0 Å². The predicted molar refractivity (Wildman–Crippen MR) is 83.3 cm³/mol. The van der Waals surface area contributed by atoms with Crippen LogP contribution >= 0.6 is 12.4 Å². The molecule has 4 nitrogen and oxygen atoms in total. The van der Waals surface area contributed by atoms with Gasteiger partial charge >= 0.3 is 16.2 Å². The summed E-state index contributed by atoms with van der Waals surface area (Å²) in [5.41, 5.74) is 0. The van der Waals surface area contributed by atoms with Crippen molar-refractivity contribution in [2.24, 2.45) is 0 Å². The lowest BCUT2D eigenvalue weighted by Gasteiger charge is -2.43. The summed E-state index contributed by atoms with van der Waals surface area (Å²) in [7, 11) is -4.45. The van der Waals surface area contributed by atoms with Gasteiger partial charge in [0.05, 0.1) is 19.5 Å². The Kier molecular flexibility index (Phi) is 14.9. The molecule has 0 rings (SSSR count). The van der Waals surface area contributed by atoms with Gasteiger partial charge < -0.3 is 17.0 Å². The SMILES string of the molecule is CCCC[N+](CCCC)(CS(=O)(=O)O)C(F)(F)CCC.Cl.[Br-]. The van der Waals surface area contributed by atoms with Crippen LogP contribution in [0.2, 0.25) is 0 Å². The minimum absolute atomic E-state index is 0. The molecule has 22 heavy (non-hydrogen) atoms. The average molecular weight is 433 g/mol. The Morgan fingerprint density at radius 1 is 1.00 bits per heavy atom. The van der Waals surface area contributed by atoms with Crippen LogP contribution in [0.4, 0.5) is 8.78 Å². The van der Waals surface area contributed by atoms with Crippen molar-refractivity contribution >= 4 is 22.5 Å². The first-order chi connectivity index (χ1) is 9.14. The molecule has 0 saturated carbocycles. The third-order valence-corrected chi connectivity index (χ3v) is 4.35. The first-order valence-electron chi connectivity index (χ1n) is 7.33. The quantitative estimate of drug-likeness (QED) is 0.302. The molecule has 0 amide bonds. The van der Waals surface area contributed by atoms with Gasteiger partial charge in [-0.3, -0.25) is 4.55 Å². The van der Waals surface area contributed by atoms with Gasteiger partial charge in [-0.1, -0.05) is 33.6 Å². The summed E-state index contributed by atoms with van der Waals surface area (Å²) in [5, 5.41) is 0. The lowest BCUT2D eigenvalue weighted by molar-refractivity contribution is -1.00. The van der Waals surface area contributed by atoms with Gasteiger partial charge in [-0.2, -0.15) is 8.42 Å². The van der Waals surface area contributed by atoms with Crippen LogP contribution in [0.3, 0.4) is 0 Å². The summed E-state index contributed by atoms with van der Waals surface area (Å²) in [6.45, 7) is 5.54. The van der Waals surface area contributed by atoms with Gasteiger partial charge in [0.25, 0.3) is 0 Å². The van der Waals surface area contributed by atoms with Crippen molar-refractivity contribution in [1.29, 1.82) is 0 Å². The van der Waals surface area contributed by atoms with Crippen LogP contribution in [0.25, 0.3) is 0 Å². The molecule has 0 atom stereocenters. The number of hydrogen-bond acceptors (Lipinski definition) is 2. The van der Waals surface area contributed by atoms with Crippen LogP contribution in [0.1, 0.15) is 59.3 Å². The average Bonchev–Trinajstić information content (AvgIpc) is 2.30. The van der Waals surface area contributed by atoms with E-state index in [0.717, 1.165) is 0 Å². The molecule has 0 spiro atoms. The Labute approximate surface area is 150 Å². The zero-order valence-electron chi connectivity index (χ0n) is 13.5. The minimum Gasteiger partial charge on any atom is -1.00 e. The fraction of sp³-hybridized carbons (Fsp3) is 1.00. The zero-order chi connectivity index (χ0) is 15.9. The molecule has 0 aromatic rings. The molecule has 0 bridgehead atoms. The third kappa shape index (κ3) is 8.96. The molecule has 0 aromatic heterocycles. The topological polar surface area (TPSA) is 54.4 Å². The van der Waals surface area contributed by atoms with E-state index in [2.05, 4.69) is 0 Å². The van der Waals surface area contributed by atoms with Crippen LogP contribution in [0.15, 0.2) is 0 Å². The number of nitrogens with zero attached hydrogens (tertiary/aromatic N) is 1. The van der Waals surface area contributed by atoms with E-state index in [0.29, 0.717) is 25.7 Å². The number of quaternary nitrogens is 1. The lowest BCUT2D eigenvalue weighted by Crippen LogP contribution is -3.00. The highest BCUT2D eigenvalue weighted by Crippen LogP contribution is 2.35. The van der Waals surface area contributed by atoms with Crippen LogP contribution in [0, 0.1) is 0 Å². The number of alkyl halides is 2. The molecule has 0 saturated heterocycles. The van der Waals surface area contributed by atoms with Crippen molar-refractivity contribution in [2.45, 2.75) is 65.3 Å². The highest BCUT2D eigenvalue weighted by atomic mass is 79.9. The molecular weight excluding hydrogens is 404 g/mol. The van der Waals surface area contributed by atoms with Crippen LogP contribution < -0.4 is 17.0 Å².